The van der Waals surface area contributed by atoms with Gasteiger partial charge in [-0.15, -0.1) is 0 Å². The van der Waals surface area contributed by atoms with Gasteiger partial charge in [0.15, 0.2) is 0 Å². The highest BCUT2D eigenvalue weighted by Crippen LogP contribution is 2.37. The van der Waals surface area contributed by atoms with E-state index in [4.69, 9.17) is 5.73 Å². The first kappa shape index (κ1) is 11.4. The molecule has 2 heteroatoms. The Morgan fingerprint density at radius 3 is 2.40 bits per heavy atom. The summed E-state index contributed by atoms with van der Waals surface area (Å²) in [5, 5.41) is 0. The van der Waals surface area contributed by atoms with E-state index in [0.717, 1.165) is 5.92 Å². The molecule has 1 heterocycles. The fourth-order valence-corrected chi connectivity index (χ4v) is 3.34. The van der Waals surface area contributed by atoms with Gasteiger partial charge < -0.3 is 10.6 Å². The molecule has 0 aromatic carbocycles. The lowest BCUT2D eigenvalue weighted by Crippen LogP contribution is -2.49. The van der Waals surface area contributed by atoms with Crippen LogP contribution in [0.4, 0.5) is 0 Å². The van der Waals surface area contributed by atoms with Gasteiger partial charge in [-0.05, 0) is 45.6 Å². The molecule has 0 radical (unpaired) electrons. The van der Waals surface area contributed by atoms with Crippen LogP contribution >= 0.6 is 0 Å². The van der Waals surface area contributed by atoms with Gasteiger partial charge in [0.05, 0.1) is 0 Å². The van der Waals surface area contributed by atoms with Crippen LogP contribution in [0.25, 0.3) is 0 Å². The van der Waals surface area contributed by atoms with Gasteiger partial charge >= 0.3 is 0 Å². The number of hydrogen-bond acceptors (Lipinski definition) is 2. The van der Waals surface area contributed by atoms with Gasteiger partial charge in [0.1, 0.15) is 0 Å². The highest BCUT2D eigenvalue weighted by Gasteiger charge is 2.40. The molecule has 1 saturated carbocycles. The molecule has 0 amide bonds. The number of nitrogens with zero attached hydrogens (tertiary/aromatic N) is 1. The fourth-order valence-electron chi connectivity index (χ4n) is 3.34. The average Bonchev–Trinajstić information content (AvgIpc) is 2.68. The van der Waals surface area contributed by atoms with Crippen molar-refractivity contribution >= 4 is 0 Å². The first-order chi connectivity index (χ1) is 7.12. The maximum Gasteiger partial charge on any atom is 0.0195 e. The van der Waals surface area contributed by atoms with E-state index in [0.29, 0.717) is 6.04 Å². The van der Waals surface area contributed by atoms with Gasteiger partial charge in [0, 0.05) is 18.1 Å². The van der Waals surface area contributed by atoms with Crippen LogP contribution < -0.4 is 5.73 Å². The second-order valence-electron chi connectivity index (χ2n) is 5.87. The van der Waals surface area contributed by atoms with Gasteiger partial charge in [-0.3, -0.25) is 0 Å². The Morgan fingerprint density at radius 2 is 1.87 bits per heavy atom. The largest absolute Gasteiger partial charge is 0.325 e. The van der Waals surface area contributed by atoms with E-state index in [1.54, 1.807) is 0 Å². The molecular formula is C13H26N2. The molecule has 15 heavy (non-hydrogen) atoms. The van der Waals surface area contributed by atoms with E-state index in [2.05, 4.69) is 18.7 Å². The summed E-state index contributed by atoms with van der Waals surface area (Å²) in [7, 11) is 0. The van der Waals surface area contributed by atoms with Gasteiger partial charge in [0.25, 0.3) is 0 Å². The van der Waals surface area contributed by atoms with Crippen LogP contribution in [0.5, 0.6) is 0 Å². The first-order valence-electron chi connectivity index (χ1n) is 6.65. The van der Waals surface area contributed by atoms with Gasteiger partial charge in [0.2, 0.25) is 0 Å². The molecule has 0 bridgehead atoms. The summed E-state index contributed by atoms with van der Waals surface area (Å²) in [5.41, 5.74) is 6.78. The molecule has 2 nitrogen and oxygen atoms in total. The summed E-state index contributed by atoms with van der Waals surface area (Å²) in [5.74, 6) is 0.764. The molecule has 2 rings (SSSR count). The molecule has 1 aliphatic heterocycles. The minimum atomic E-state index is 0.182. The first-order valence-corrected chi connectivity index (χ1v) is 6.65. The number of nitrogens with two attached hydrogens (primary N) is 1. The van der Waals surface area contributed by atoms with Crippen molar-refractivity contribution in [3.8, 4) is 0 Å². The summed E-state index contributed by atoms with van der Waals surface area (Å²) in [6, 6.07) is 0.696. The monoisotopic (exact) mass is 210 g/mol. The molecule has 1 aliphatic carbocycles. The fraction of sp³-hybridized carbons (Fsp3) is 1.00. The molecular weight excluding hydrogens is 184 g/mol. The summed E-state index contributed by atoms with van der Waals surface area (Å²) < 4.78 is 0. The Bertz CT molecular complexity index is 207. The minimum absolute atomic E-state index is 0.182. The molecule has 2 aliphatic rings. The lowest BCUT2D eigenvalue weighted by atomic mass is 9.73. The second-order valence-corrected chi connectivity index (χ2v) is 5.87. The minimum Gasteiger partial charge on any atom is -0.325 e. The van der Waals surface area contributed by atoms with Crippen LogP contribution in [0.15, 0.2) is 0 Å². The van der Waals surface area contributed by atoms with Crippen molar-refractivity contribution in [1.29, 1.82) is 0 Å². The van der Waals surface area contributed by atoms with Crippen molar-refractivity contribution in [2.75, 3.05) is 13.1 Å². The topological polar surface area (TPSA) is 29.3 Å². The van der Waals surface area contributed by atoms with E-state index >= 15 is 0 Å². The molecule has 88 valence electrons. The highest BCUT2D eigenvalue weighted by atomic mass is 15.2. The summed E-state index contributed by atoms with van der Waals surface area (Å²) in [6.07, 6.45) is 7.98. The van der Waals surface area contributed by atoms with Crippen LogP contribution in [0.2, 0.25) is 0 Å². The van der Waals surface area contributed by atoms with Crippen molar-refractivity contribution in [2.24, 2.45) is 11.7 Å². The van der Waals surface area contributed by atoms with Crippen molar-refractivity contribution in [1.82, 2.24) is 4.90 Å². The van der Waals surface area contributed by atoms with Crippen LogP contribution in [0.3, 0.4) is 0 Å². The highest BCUT2D eigenvalue weighted by molar-refractivity contribution is 4.98. The Morgan fingerprint density at radius 1 is 1.20 bits per heavy atom. The number of likely N-dealkylation sites (tertiary alicyclic amines) is 1. The van der Waals surface area contributed by atoms with E-state index in [-0.39, 0.29) is 5.54 Å². The number of hydrogen-bond donors (Lipinski definition) is 1. The Labute approximate surface area is 94.2 Å². The third-order valence-corrected chi connectivity index (χ3v) is 4.55. The molecule has 1 unspecified atom stereocenters. The summed E-state index contributed by atoms with van der Waals surface area (Å²) >= 11 is 0. The maximum absolute atomic E-state index is 6.60. The van der Waals surface area contributed by atoms with E-state index in [1.807, 2.05) is 0 Å². The average molecular weight is 210 g/mol. The Hall–Kier alpha value is -0.0800. The Kier molecular flexibility index (Phi) is 3.36. The van der Waals surface area contributed by atoms with Gasteiger partial charge in [-0.25, -0.2) is 0 Å². The lowest BCUT2D eigenvalue weighted by molar-refractivity contribution is 0.182. The van der Waals surface area contributed by atoms with Crippen LogP contribution in [0.1, 0.15) is 52.4 Å². The lowest BCUT2D eigenvalue weighted by Gasteiger charge is -2.39. The standard InChI is InChI=1S/C13H26N2/c1-11(2)15-9-6-12(10-15)13(14)7-4-3-5-8-13/h11-12H,3-10,14H2,1-2H3. The predicted molar refractivity (Wildman–Crippen MR) is 64.8 cm³/mol. The zero-order chi connectivity index (χ0) is 10.9. The summed E-state index contributed by atoms with van der Waals surface area (Å²) in [6.45, 7) is 7.11. The SMILES string of the molecule is CC(C)N1CCC(C2(N)CCCCC2)C1. The molecule has 1 saturated heterocycles. The summed E-state index contributed by atoms with van der Waals surface area (Å²) in [4.78, 5) is 2.59. The third-order valence-electron chi connectivity index (χ3n) is 4.55. The van der Waals surface area contributed by atoms with Crippen LogP contribution in [-0.4, -0.2) is 29.6 Å². The molecule has 0 aromatic heterocycles. The zero-order valence-corrected chi connectivity index (χ0v) is 10.3. The van der Waals surface area contributed by atoms with Crippen LogP contribution in [0, 0.1) is 5.92 Å². The van der Waals surface area contributed by atoms with Crippen molar-refractivity contribution in [3.63, 3.8) is 0 Å². The second kappa shape index (κ2) is 4.42. The van der Waals surface area contributed by atoms with Gasteiger partial charge in [-0.1, -0.05) is 19.3 Å². The number of rotatable bonds is 2. The van der Waals surface area contributed by atoms with Crippen molar-refractivity contribution in [3.05, 3.63) is 0 Å². The molecule has 2 fully saturated rings. The van der Waals surface area contributed by atoms with E-state index < -0.39 is 0 Å². The third kappa shape index (κ3) is 2.36. The zero-order valence-electron chi connectivity index (χ0n) is 10.3. The maximum atomic E-state index is 6.60. The van der Waals surface area contributed by atoms with Crippen molar-refractivity contribution < 1.29 is 0 Å². The molecule has 0 aromatic rings. The van der Waals surface area contributed by atoms with Crippen LogP contribution in [-0.2, 0) is 0 Å². The Balaban J connectivity index is 1.94. The molecule has 2 N–H and O–H groups in total. The van der Waals surface area contributed by atoms with Gasteiger partial charge in [-0.2, -0.15) is 0 Å². The van der Waals surface area contributed by atoms with E-state index in [9.17, 15) is 0 Å². The predicted octanol–water partition coefficient (Wildman–Crippen LogP) is 2.38. The normalized spacial score (nSPS) is 32.4. The quantitative estimate of drug-likeness (QED) is 0.758. The van der Waals surface area contributed by atoms with Crippen molar-refractivity contribution in [2.45, 2.75) is 64.0 Å². The molecule has 0 spiro atoms. The molecule has 1 atom stereocenters. The smallest absolute Gasteiger partial charge is 0.0195 e. The van der Waals surface area contributed by atoms with E-state index in [1.165, 1.54) is 51.6 Å².